The maximum Gasteiger partial charge on any atom is 0.0473 e. The van der Waals surface area contributed by atoms with Gasteiger partial charge in [0.25, 0.3) is 0 Å². The van der Waals surface area contributed by atoms with Gasteiger partial charge in [0.05, 0.1) is 0 Å². The lowest BCUT2D eigenvalue weighted by atomic mass is 9.90. The topological polar surface area (TPSA) is 29.3 Å². The molecule has 0 aliphatic carbocycles. The van der Waals surface area contributed by atoms with Crippen LogP contribution in [-0.2, 0) is 0 Å². The molecule has 0 radical (unpaired) electrons. The van der Waals surface area contributed by atoms with Crippen LogP contribution >= 0.6 is 11.6 Å². The molecule has 1 heterocycles. The van der Waals surface area contributed by atoms with Crippen LogP contribution in [0, 0.1) is 12.8 Å². The molecule has 3 unspecified atom stereocenters. The molecule has 0 aromatic heterocycles. The number of hydrogen-bond donors (Lipinski definition) is 1. The third-order valence-electron chi connectivity index (χ3n) is 4.39. The first-order valence-electron chi connectivity index (χ1n) is 7.24. The Balaban J connectivity index is 2.21. The van der Waals surface area contributed by atoms with E-state index in [1.54, 1.807) is 0 Å². The number of benzene rings is 1. The predicted octanol–water partition coefficient (Wildman–Crippen LogP) is 3.77. The summed E-state index contributed by atoms with van der Waals surface area (Å²) in [4.78, 5) is 2.54. The highest BCUT2D eigenvalue weighted by molar-refractivity contribution is 6.31. The van der Waals surface area contributed by atoms with Gasteiger partial charge in [0.1, 0.15) is 0 Å². The average molecular weight is 281 g/mol. The van der Waals surface area contributed by atoms with Gasteiger partial charge in [0, 0.05) is 23.7 Å². The molecule has 0 bridgehead atoms. The minimum atomic E-state index is 0.292. The van der Waals surface area contributed by atoms with E-state index >= 15 is 0 Å². The summed E-state index contributed by atoms with van der Waals surface area (Å²) in [5, 5.41) is 0.842. The number of likely N-dealkylation sites (tertiary alicyclic amines) is 1. The zero-order valence-electron chi connectivity index (χ0n) is 12.2. The van der Waals surface area contributed by atoms with E-state index in [4.69, 9.17) is 17.3 Å². The number of halogens is 1. The summed E-state index contributed by atoms with van der Waals surface area (Å²) >= 11 is 6.25. The maximum absolute atomic E-state index is 6.25. The summed E-state index contributed by atoms with van der Waals surface area (Å²) in [6, 6.07) is 7.23. The molecule has 19 heavy (non-hydrogen) atoms. The summed E-state index contributed by atoms with van der Waals surface area (Å²) in [7, 11) is 0. The highest BCUT2D eigenvalue weighted by Crippen LogP contribution is 2.31. The molecule has 106 valence electrons. The van der Waals surface area contributed by atoms with Crippen molar-refractivity contribution in [1.29, 1.82) is 0 Å². The number of piperidine rings is 1. The lowest BCUT2D eigenvalue weighted by molar-refractivity contribution is 0.0847. The Hall–Kier alpha value is -0.570. The van der Waals surface area contributed by atoms with Crippen LogP contribution in [0.3, 0.4) is 0 Å². The van der Waals surface area contributed by atoms with Crippen LogP contribution < -0.4 is 5.73 Å². The van der Waals surface area contributed by atoms with Crippen molar-refractivity contribution in [2.24, 2.45) is 11.7 Å². The van der Waals surface area contributed by atoms with Crippen LogP contribution in [0.1, 0.15) is 43.9 Å². The zero-order chi connectivity index (χ0) is 14.0. The number of nitrogens with zero attached hydrogens (tertiary/aromatic N) is 1. The van der Waals surface area contributed by atoms with Gasteiger partial charge in [-0.25, -0.2) is 0 Å². The maximum atomic E-state index is 6.25. The lowest BCUT2D eigenvalue weighted by Gasteiger charge is -2.41. The fourth-order valence-electron chi connectivity index (χ4n) is 3.17. The quantitative estimate of drug-likeness (QED) is 0.913. The molecule has 2 rings (SSSR count). The summed E-state index contributed by atoms with van der Waals surface area (Å²) in [5.41, 5.74) is 8.41. The molecule has 3 heteroatoms. The van der Waals surface area contributed by atoms with Crippen LogP contribution in [0.15, 0.2) is 18.2 Å². The summed E-state index contributed by atoms with van der Waals surface area (Å²) < 4.78 is 0. The first-order chi connectivity index (χ1) is 9.02. The smallest absolute Gasteiger partial charge is 0.0473 e. The van der Waals surface area contributed by atoms with Gasteiger partial charge in [-0.05, 0) is 56.3 Å². The van der Waals surface area contributed by atoms with Gasteiger partial charge in [-0.15, -0.1) is 0 Å². The molecule has 1 aromatic carbocycles. The number of nitrogens with two attached hydrogens (primary N) is 1. The van der Waals surface area contributed by atoms with Crippen molar-refractivity contribution in [3.63, 3.8) is 0 Å². The van der Waals surface area contributed by atoms with Crippen molar-refractivity contribution in [3.8, 4) is 0 Å². The van der Waals surface area contributed by atoms with Gasteiger partial charge in [0.15, 0.2) is 0 Å². The van der Waals surface area contributed by atoms with E-state index in [1.807, 2.05) is 6.92 Å². The van der Waals surface area contributed by atoms with Crippen LogP contribution in [0.25, 0.3) is 0 Å². The minimum Gasteiger partial charge on any atom is -0.329 e. The molecule has 0 amide bonds. The number of rotatable bonds is 3. The molecule has 2 N–H and O–H groups in total. The molecule has 0 saturated carbocycles. The molecular weight excluding hydrogens is 256 g/mol. The van der Waals surface area contributed by atoms with Gasteiger partial charge in [-0.2, -0.15) is 0 Å². The second-order valence-electron chi connectivity index (χ2n) is 5.98. The molecule has 2 nitrogen and oxygen atoms in total. The van der Waals surface area contributed by atoms with Crippen LogP contribution in [0.5, 0.6) is 0 Å². The van der Waals surface area contributed by atoms with E-state index in [-0.39, 0.29) is 0 Å². The zero-order valence-corrected chi connectivity index (χ0v) is 13.0. The van der Waals surface area contributed by atoms with Crippen molar-refractivity contribution in [2.75, 3.05) is 13.1 Å². The Morgan fingerprint density at radius 2 is 2.16 bits per heavy atom. The van der Waals surface area contributed by atoms with Crippen molar-refractivity contribution < 1.29 is 0 Å². The first-order valence-corrected chi connectivity index (χ1v) is 7.62. The highest BCUT2D eigenvalue weighted by Gasteiger charge is 2.29. The molecule has 1 aliphatic rings. The van der Waals surface area contributed by atoms with Crippen molar-refractivity contribution >= 4 is 11.6 Å². The van der Waals surface area contributed by atoms with Gasteiger partial charge < -0.3 is 5.73 Å². The standard InChI is InChI=1S/C16H25ClN2/c1-11-6-7-19(13(3)8-11)16(10-18)14-5-4-12(2)15(17)9-14/h4-5,9,11,13,16H,6-8,10,18H2,1-3H3. The SMILES string of the molecule is Cc1ccc(C(CN)N2CCC(C)CC2C)cc1Cl. The predicted molar refractivity (Wildman–Crippen MR) is 82.6 cm³/mol. The third-order valence-corrected chi connectivity index (χ3v) is 4.80. The molecule has 1 saturated heterocycles. The second kappa shape index (κ2) is 6.25. The summed E-state index contributed by atoms with van der Waals surface area (Å²) in [5.74, 6) is 0.825. The Kier molecular flexibility index (Phi) is 4.88. The third kappa shape index (κ3) is 3.31. The summed E-state index contributed by atoms with van der Waals surface area (Å²) in [6.07, 6.45) is 2.52. The van der Waals surface area contributed by atoms with Crippen LogP contribution in [0.4, 0.5) is 0 Å². The number of aryl methyl sites for hydroxylation is 1. The van der Waals surface area contributed by atoms with E-state index in [9.17, 15) is 0 Å². The van der Waals surface area contributed by atoms with E-state index in [1.165, 1.54) is 18.4 Å². The van der Waals surface area contributed by atoms with Crippen molar-refractivity contribution in [1.82, 2.24) is 4.90 Å². The van der Waals surface area contributed by atoms with E-state index in [2.05, 4.69) is 36.9 Å². The number of hydrogen-bond acceptors (Lipinski definition) is 2. The Bertz CT molecular complexity index is 433. The molecule has 1 aliphatic heterocycles. The average Bonchev–Trinajstić information content (AvgIpc) is 2.37. The van der Waals surface area contributed by atoms with Crippen molar-refractivity contribution in [3.05, 3.63) is 34.3 Å². The Morgan fingerprint density at radius 3 is 2.74 bits per heavy atom. The van der Waals surface area contributed by atoms with Crippen LogP contribution in [0.2, 0.25) is 5.02 Å². The van der Waals surface area contributed by atoms with Gasteiger partial charge in [-0.1, -0.05) is 30.7 Å². The molecule has 3 atom stereocenters. The van der Waals surface area contributed by atoms with Crippen LogP contribution in [-0.4, -0.2) is 24.0 Å². The molecule has 0 spiro atoms. The second-order valence-corrected chi connectivity index (χ2v) is 6.38. The van der Waals surface area contributed by atoms with Crippen molar-refractivity contribution in [2.45, 2.75) is 45.7 Å². The van der Waals surface area contributed by atoms with Gasteiger partial charge >= 0.3 is 0 Å². The summed E-state index contributed by atoms with van der Waals surface area (Å²) in [6.45, 7) is 8.48. The monoisotopic (exact) mass is 280 g/mol. The fourth-order valence-corrected chi connectivity index (χ4v) is 3.36. The van der Waals surface area contributed by atoms with Gasteiger partial charge in [0.2, 0.25) is 0 Å². The largest absolute Gasteiger partial charge is 0.329 e. The molecular formula is C16H25ClN2. The molecule has 1 fully saturated rings. The Morgan fingerprint density at radius 1 is 1.42 bits per heavy atom. The molecule has 1 aromatic rings. The Labute approximate surface area is 121 Å². The van der Waals surface area contributed by atoms with Gasteiger partial charge in [-0.3, -0.25) is 4.90 Å². The van der Waals surface area contributed by atoms with E-state index < -0.39 is 0 Å². The first kappa shape index (κ1) is 14.8. The lowest BCUT2D eigenvalue weighted by Crippen LogP contribution is -2.44. The highest BCUT2D eigenvalue weighted by atomic mass is 35.5. The van der Waals surface area contributed by atoms with E-state index in [0.29, 0.717) is 18.6 Å². The van der Waals surface area contributed by atoms with E-state index in [0.717, 1.165) is 23.0 Å². The fraction of sp³-hybridized carbons (Fsp3) is 0.625. The normalized spacial score (nSPS) is 26.4. The minimum absolute atomic E-state index is 0.292.